The van der Waals surface area contributed by atoms with Crippen molar-refractivity contribution in [1.82, 2.24) is 4.90 Å². The van der Waals surface area contributed by atoms with Gasteiger partial charge in [-0.3, -0.25) is 4.90 Å². The highest BCUT2D eigenvalue weighted by Crippen LogP contribution is 2.43. The van der Waals surface area contributed by atoms with Gasteiger partial charge in [-0.15, -0.1) is 12.4 Å². The molecule has 0 amide bonds. The van der Waals surface area contributed by atoms with Gasteiger partial charge >= 0.3 is 0 Å². The zero-order chi connectivity index (χ0) is 28.9. The summed E-state index contributed by atoms with van der Waals surface area (Å²) in [4.78, 5) is 3.06. The maximum atomic E-state index is 6.43. The standard InChI is InChI=1S/C39H55NO.ClH/c1-27(2)34-20-18-29(5)24-37(34)40(38-25-30(6)19-21-35(38)28(3)4)26-33-14-8-7-12-31(33)22-23-41-39-17-11-15-32-13-9-10-16-36(32)39;/h7-17,27-30,34-35,37-38H,18-26H2,1-6H3;1H. The Bertz CT molecular complexity index is 1220. The molecule has 0 radical (unpaired) electrons. The minimum Gasteiger partial charge on any atom is -0.493 e. The number of nitrogens with zero attached hydrogens (tertiary/aromatic N) is 1. The second-order valence-electron chi connectivity index (χ2n) is 14.3. The zero-order valence-electron chi connectivity index (χ0n) is 27.1. The molecule has 2 aliphatic rings. The highest BCUT2D eigenvalue weighted by atomic mass is 35.5. The highest BCUT2D eigenvalue weighted by Gasteiger charge is 2.42. The largest absolute Gasteiger partial charge is 0.493 e. The summed E-state index contributed by atoms with van der Waals surface area (Å²) in [5, 5.41) is 2.44. The van der Waals surface area contributed by atoms with E-state index < -0.39 is 0 Å². The Kier molecular flexibility index (Phi) is 11.8. The quantitative estimate of drug-likeness (QED) is 0.233. The first-order valence-corrected chi connectivity index (χ1v) is 16.7. The summed E-state index contributed by atoms with van der Waals surface area (Å²) in [6.07, 6.45) is 9.20. The summed E-state index contributed by atoms with van der Waals surface area (Å²) < 4.78 is 6.43. The van der Waals surface area contributed by atoms with Gasteiger partial charge in [-0.2, -0.15) is 0 Å². The lowest BCUT2D eigenvalue weighted by atomic mass is 9.69. The molecule has 3 heteroatoms. The first-order valence-electron chi connectivity index (χ1n) is 16.7. The molecule has 0 saturated heterocycles. The van der Waals surface area contributed by atoms with E-state index in [0.29, 0.717) is 18.7 Å². The number of rotatable bonds is 10. The number of hydrogen-bond acceptors (Lipinski definition) is 2. The lowest BCUT2D eigenvalue weighted by Crippen LogP contribution is -2.54. The smallest absolute Gasteiger partial charge is 0.127 e. The van der Waals surface area contributed by atoms with Gasteiger partial charge in [-0.25, -0.2) is 0 Å². The molecular weight excluding hydrogens is 534 g/mol. The average molecular weight is 590 g/mol. The van der Waals surface area contributed by atoms with Crippen LogP contribution >= 0.6 is 12.4 Å². The Morgan fingerprint density at radius 3 is 1.86 bits per heavy atom. The fourth-order valence-electron chi connectivity index (χ4n) is 8.29. The Hall–Kier alpha value is -2.03. The topological polar surface area (TPSA) is 12.5 Å². The van der Waals surface area contributed by atoms with Crippen LogP contribution in [0.1, 0.15) is 91.2 Å². The van der Waals surface area contributed by atoms with Gasteiger partial charge in [-0.05, 0) is 83.8 Å². The third-order valence-electron chi connectivity index (χ3n) is 10.7. The van der Waals surface area contributed by atoms with Gasteiger partial charge < -0.3 is 4.74 Å². The molecule has 0 spiro atoms. The molecular formula is C39H56ClNO. The first kappa shape index (κ1) is 32.9. The molecule has 2 fully saturated rings. The summed E-state index contributed by atoms with van der Waals surface area (Å²) in [6.45, 7) is 16.7. The van der Waals surface area contributed by atoms with E-state index in [1.807, 2.05) is 0 Å². The maximum Gasteiger partial charge on any atom is 0.127 e. The average Bonchev–Trinajstić information content (AvgIpc) is 2.96. The number of ether oxygens (including phenoxy) is 1. The van der Waals surface area contributed by atoms with Crippen LogP contribution in [0.15, 0.2) is 66.7 Å². The van der Waals surface area contributed by atoms with Crippen molar-refractivity contribution in [3.05, 3.63) is 77.9 Å². The van der Waals surface area contributed by atoms with Crippen LogP contribution in [0.3, 0.4) is 0 Å². The third kappa shape index (κ3) is 7.72. The van der Waals surface area contributed by atoms with E-state index in [2.05, 4.69) is 113 Å². The lowest BCUT2D eigenvalue weighted by Gasteiger charge is -2.52. The molecule has 0 bridgehead atoms. The molecule has 42 heavy (non-hydrogen) atoms. The Labute approximate surface area is 263 Å². The van der Waals surface area contributed by atoms with Gasteiger partial charge in [0.25, 0.3) is 0 Å². The monoisotopic (exact) mass is 589 g/mol. The van der Waals surface area contributed by atoms with E-state index in [1.54, 1.807) is 0 Å². The van der Waals surface area contributed by atoms with Crippen LogP contribution in [0.25, 0.3) is 10.8 Å². The van der Waals surface area contributed by atoms with E-state index in [0.717, 1.165) is 54.2 Å². The SMILES string of the molecule is CC1CCC(C(C)C)C(N(Cc2ccccc2CCOc2cccc3ccccc23)C2CC(C)CCC2C(C)C)C1.Cl. The van der Waals surface area contributed by atoms with Gasteiger partial charge in [0, 0.05) is 30.4 Å². The Morgan fingerprint density at radius 2 is 1.24 bits per heavy atom. The van der Waals surface area contributed by atoms with Gasteiger partial charge in [0.2, 0.25) is 0 Å². The molecule has 5 rings (SSSR count). The van der Waals surface area contributed by atoms with E-state index >= 15 is 0 Å². The number of benzene rings is 3. The van der Waals surface area contributed by atoms with Gasteiger partial charge in [0.05, 0.1) is 6.61 Å². The summed E-state index contributed by atoms with van der Waals surface area (Å²) in [5.74, 6) is 5.68. The molecule has 6 unspecified atom stereocenters. The Morgan fingerprint density at radius 1 is 0.690 bits per heavy atom. The van der Waals surface area contributed by atoms with Crippen LogP contribution in [0.2, 0.25) is 0 Å². The van der Waals surface area contributed by atoms with Crippen molar-refractivity contribution < 1.29 is 4.74 Å². The molecule has 230 valence electrons. The second-order valence-corrected chi connectivity index (χ2v) is 14.3. The molecule has 2 aliphatic carbocycles. The predicted octanol–water partition coefficient (Wildman–Crippen LogP) is 10.6. The van der Waals surface area contributed by atoms with Crippen LogP contribution in [-0.2, 0) is 13.0 Å². The molecule has 3 aromatic carbocycles. The van der Waals surface area contributed by atoms with Crippen molar-refractivity contribution in [2.75, 3.05) is 6.61 Å². The Balaban J connectivity index is 0.00000405. The summed E-state index contributed by atoms with van der Waals surface area (Å²) in [7, 11) is 0. The first-order chi connectivity index (χ1) is 19.8. The fourth-order valence-corrected chi connectivity index (χ4v) is 8.29. The maximum absolute atomic E-state index is 6.43. The molecule has 2 nitrogen and oxygen atoms in total. The van der Waals surface area contributed by atoms with Crippen molar-refractivity contribution in [2.24, 2.45) is 35.5 Å². The van der Waals surface area contributed by atoms with Crippen molar-refractivity contribution >= 4 is 23.2 Å². The summed E-state index contributed by atoms with van der Waals surface area (Å²) >= 11 is 0. The van der Waals surface area contributed by atoms with Crippen molar-refractivity contribution in [3.8, 4) is 5.75 Å². The van der Waals surface area contributed by atoms with E-state index in [4.69, 9.17) is 4.74 Å². The molecule has 0 aliphatic heterocycles. The molecule has 3 aromatic rings. The van der Waals surface area contributed by atoms with Crippen LogP contribution < -0.4 is 4.74 Å². The lowest BCUT2D eigenvalue weighted by molar-refractivity contribution is -0.0284. The minimum atomic E-state index is 0. The molecule has 0 heterocycles. The van der Waals surface area contributed by atoms with Crippen molar-refractivity contribution in [1.29, 1.82) is 0 Å². The molecule has 2 saturated carbocycles. The zero-order valence-corrected chi connectivity index (χ0v) is 27.9. The second kappa shape index (κ2) is 15.1. The number of halogens is 1. The van der Waals surface area contributed by atoms with Crippen molar-refractivity contribution in [3.63, 3.8) is 0 Å². The van der Waals surface area contributed by atoms with Crippen LogP contribution in [0.4, 0.5) is 0 Å². The van der Waals surface area contributed by atoms with Gasteiger partial charge in [-0.1, -0.05) is 115 Å². The van der Waals surface area contributed by atoms with E-state index in [-0.39, 0.29) is 12.4 Å². The van der Waals surface area contributed by atoms with Gasteiger partial charge in [0.1, 0.15) is 5.75 Å². The van der Waals surface area contributed by atoms with E-state index in [1.165, 1.54) is 60.4 Å². The minimum absolute atomic E-state index is 0. The molecule has 0 N–H and O–H groups in total. The molecule has 0 aromatic heterocycles. The summed E-state index contributed by atoms with van der Waals surface area (Å²) in [5.41, 5.74) is 2.96. The van der Waals surface area contributed by atoms with Crippen molar-refractivity contribution in [2.45, 2.75) is 105 Å². The normalized spacial score (nSPS) is 26.5. The third-order valence-corrected chi connectivity index (χ3v) is 10.7. The van der Waals surface area contributed by atoms with Crippen LogP contribution in [0, 0.1) is 35.5 Å². The van der Waals surface area contributed by atoms with Gasteiger partial charge in [0.15, 0.2) is 0 Å². The van der Waals surface area contributed by atoms with Crippen LogP contribution in [0.5, 0.6) is 5.75 Å². The van der Waals surface area contributed by atoms with E-state index in [9.17, 15) is 0 Å². The number of fused-ring (bicyclic) bond motifs is 1. The van der Waals surface area contributed by atoms with Crippen LogP contribution in [-0.4, -0.2) is 23.6 Å². The fraction of sp³-hybridized carbons (Fsp3) is 0.590. The predicted molar refractivity (Wildman–Crippen MR) is 183 cm³/mol. The molecule has 6 atom stereocenters. The summed E-state index contributed by atoms with van der Waals surface area (Å²) in [6, 6.07) is 25.5. The number of hydrogen-bond donors (Lipinski definition) is 0. The highest BCUT2D eigenvalue weighted by molar-refractivity contribution is 5.88.